The van der Waals surface area contributed by atoms with Crippen molar-refractivity contribution in [1.82, 2.24) is 9.97 Å². The number of hydrogen-bond donors (Lipinski definition) is 4. The Kier molecular flexibility index (Phi) is 5.90. The van der Waals surface area contributed by atoms with Crippen LogP contribution >= 0.6 is 0 Å². The first-order valence-electron chi connectivity index (χ1n) is 10.1. The van der Waals surface area contributed by atoms with E-state index in [9.17, 15) is 19.2 Å². The summed E-state index contributed by atoms with van der Waals surface area (Å²) in [6, 6.07) is 13.3. The number of carbonyl (C=O) groups excluding carboxylic acids is 3. The summed E-state index contributed by atoms with van der Waals surface area (Å²) in [5.41, 5.74) is 1.13. The molecule has 0 bridgehead atoms. The predicted molar refractivity (Wildman–Crippen MR) is 122 cm³/mol. The Morgan fingerprint density at radius 2 is 1.70 bits per heavy atom. The van der Waals surface area contributed by atoms with E-state index in [4.69, 9.17) is 4.74 Å². The number of amides is 2. The molecule has 4 rings (SSSR count). The van der Waals surface area contributed by atoms with Gasteiger partial charge in [0.15, 0.2) is 5.78 Å². The van der Waals surface area contributed by atoms with Crippen LogP contribution in [0.15, 0.2) is 53.3 Å². The molecule has 168 valence electrons. The molecule has 0 radical (unpaired) electrons. The molecule has 2 amide bonds. The number of ketones is 1. The minimum atomic E-state index is -1.02. The second kappa shape index (κ2) is 8.95. The van der Waals surface area contributed by atoms with Crippen LogP contribution in [0.25, 0.3) is 0 Å². The predicted octanol–water partition coefficient (Wildman–Crippen LogP) is 2.79. The molecular formula is C23H21N5O5. The van der Waals surface area contributed by atoms with E-state index >= 15 is 0 Å². The molecule has 0 fully saturated rings. The standard InChI is InChI=1S/C23H21N5O5/c1-12(29)13-3-5-14(6-4-13)24-21(31)17-11-18(30)26-20-19(17)22(32)28-23(27-20)25-15-7-9-16(33-2)10-8-15/h3-10,17H,11H2,1-2H3,(H,24,31)(H3,25,26,27,28,30,32)/t17-/m1/s1. The van der Waals surface area contributed by atoms with Crippen LogP contribution in [0.4, 0.5) is 23.1 Å². The van der Waals surface area contributed by atoms with Crippen LogP contribution in [0.3, 0.4) is 0 Å². The maximum Gasteiger partial charge on any atom is 0.258 e. The third-order valence-corrected chi connectivity index (χ3v) is 5.18. The van der Waals surface area contributed by atoms with Gasteiger partial charge in [-0.2, -0.15) is 4.98 Å². The summed E-state index contributed by atoms with van der Waals surface area (Å²) in [7, 11) is 1.56. The molecule has 2 aromatic carbocycles. The van der Waals surface area contributed by atoms with E-state index in [0.717, 1.165) is 0 Å². The maximum atomic E-state index is 12.9. The normalized spacial score (nSPS) is 14.6. The molecule has 2 heterocycles. The number of methoxy groups -OCH3 is 1. The molecule has 0 saturated heterocycles. The zero-order chi connectivity index (χ0) is 23.5. The number of carbonyl (C=O) groups is 3. The number of anilines is 4. The van der Waals surface area contributed by atoms with Crippen molar-refractivity contribution in [2.75, 3.05) is 23.1 Å². The average Bonchev–Trinajstić information content (AvgIpc) is 2.79. The van der Waals surface area contributed by atoms with Gasteiger partial charge in [0.25, 0.3) is 5.56 Å². The van der Waals surface area contributed by atoms with E-state index < -0.39 is 23.3 Å². The Labute approximate surface area is 188 Å². The van der Waals surface area contributed by atoms with E-state index in [1.165, 1.54) is 6.92 Å². The lowest BCUT2D eigenvalue weighted by Crippen LogP contribution is -2.36. The zero-order valence-electron chi connectivity index (χ0n) is 17.9. The third kappa shape index (κ3) is 4.74. The number of H-pyrrole nitrogens is 1. The van der Waals surface area contributed by atoms with Crippen LogP contribution in [0.2, 0.25) is 0 Å². The van der Waals surface area contributed by atoms with Gasteiger partial charge in [0.2, 0.25) is 17.8 Å². The molecule has 1 aliphatic heterocycles. The molecule has 10 heteroatoms. The summed E-state index contributed by atoms with van der Waals surface area (Å²) < 4.78 is 5.12. The number of benzene rings is 2. The van der Waals surface area contributed by atoms with Crippen molar-refractivity contribution < 1.29 is 19.1 Å². The first-order chi connectivity index (χ1) is 15.8. The number of ether oxygens (including phenoxy) is 1. The molecule has 0 aliphatic carbocycles. The molecule has 1 atom stereocenters. The van der Waals surface area contributed by atoms with Crippen molar-refractivity contribution in [3.8, 4) is 5.75 Å². The van der Waals surface area contributed by atoms with Crippen molar-refractivity contribution in [3.63, 3.8) is 0 Å². The molecule has 1 aliphatic rings. The highest BCUT2D eigenvalue weighted by molar-refractivity contribution is 6.04. The summed E-state index contributed by atoms with van der Waals surface area (Å²) >= 11 is 0. The van der Waals surface area contributed by atoms with Gasteiger partial charge in [-0.3, -0.25) is 24.2 Å². The van der Waals surface area contributed by atoms with Gasteiger partial charge in [0, 0.05) is 23.4 Å². The number of Topliss-reactive ketones (excluding diaryl/α,β-unsaturated/α-hetero) is 1. The molecule has 33 heavy (non-hydrogen) atoms. The van der Waals surface area contributed by atoms with Crippen molar-refractivity contribution in [3.05, 3.63) is 70.0 Å². The number of nitrogens with zero attached hydrogens (tertiary/aromatic N) is 1. The smallest absolute Gasteiger partial charge is 0.258 e. The largest absolute Gasteiger partial charge is 0.497 e. The Balaban J connectivity index is 1.58. The van der Waals surface area contributed by atoms with Crippen LogP contribution in [0.5, 0.6) is 5.75 Å². The molecule has 4 N–H and O–H groups in total. The Morgan fingerprint density at radius 3 is 2.33 bits per heavy atom. The lowest BCUT2D eigenvalue weighted by molar-refractivity contribution is -0.123. The fourth-order valence-electron chi connectivity index (χ4n) is 3.48. The fraction of sp³-hybridized carbons (Fsp3) is 0.174. The monoisotopic (exact) mass is 447 g/mol. The maximum absolute atomic E-state index is 12.9. The summed E-state index contributed by atoms with van der Waals surface area (Å²) in [4.78, 5) is 56.3. The molecule has 0 spiro atoms. The molecule has 3 aromatic rings. The van der Waals surface area contributed by atoms with E-state index in [2.05, 4.69) is 25.9 Å². The van der Waals surface area contributed by atoms with Crippen LogP contribution in [0, 0.1) is 0 Å². The topological polar surface area (TPSA) is 142 Å². The van der Waals surface area contributed by atoms with E-state index in [-0.39, 0.29) is 29.5 Å². The van der Waals surface area contributed by atoms with E-state index in [1.807, 2.05) is 0 Å². The highest BCUT2D eigenvalue weighted by atomic mass is 16.5. The molecular weight excluding hydrogens is 426 g/mol. The number of aromatic amines is 1. The summed E-state index contributed by atoms with van der Waals surface area (Å²) in [6.45, 7) is 1.45. The van der Waals surface area contributed by atoms with E-state index in [1.54, 1.807) is 55.6 Å². The number of fused-ring (bicyclic) bond motifs is 1. The lowest BCUT2D eigenvalue weighted by Gasteiger charge is -2.23. The molecule has 1 aromatic heterocycles. The number of nitrogens with one attached hydrogen (secondary N) is 4. The lowest BCUT2D eigenvalue weighted by atomic mass is 9.92. The van der Waals surface area contributed by atoms with Crippen molar-refractivity contribution in [1.29, 1.82) is 0 Å². The van der Waals surface area contributed by atoms with E-state index in [0.29, 0.717) is 22.7 Å². The van der Waals surface area contributed by atoms with Gasteiger partial charge in [-0.25, -0.2) is 0 Å². The SMILES string of the molecule is COc1ccc(Nc2nc3c(c(=O)[nH]2)[C@H](C(=O)Nc2ccc(C(C)=O)cc2)CC(=O)N3)cc1. The second-order valence-electron chi connectivity index (χ2n) is 7.46. The number of rotatable bonds is 6. The highest BCUT2D eigenvalue weighted by Gasteiger charge is 2.34. The second-order valence-corrected chi connectivity index (χ2v) is 7.46. The van der Waals surface area contributed by atoms with Gasteiger partial charge in [0.05, 0.1) is 18.6 Å². The average molecular weight is 447 g/mol. The highest BCUT2D eigenvalue weighted by Crippen LogP contribution is 2.30. The van der Waals surface area contributed by atoms with Crippen molar-refractivity contribution in [2.45, 2.75) is 19.3 Å². The Morgan fingerprint density at radius 1 is 1.03 bits per heavy atom. The van der Waals surface area contributed by atoms with Crippen molar-refractivity contribution >= 4 is 40.7 Å². The Bertz CT molecular complexity index is 1280. The molecule has 0 unspecified atom stereocenters. The summed E-state index contributed by atoms with van der Waals surface area (Å²) in [6.07, 6.45) is -0.194. The minimum Gasteiger partial charge on any atom is -0.497 e. The summed E-state index contributed by atoms with van der Waals surface area (Å²) in [5, 5.41) is 8.22. The van der Waals surface area contributed by atoms with Gasteiger partial charge in [-0.05, 0) is 55.5 Å². The number of hydrogen-bond acceptors (Lipinski definition) is 7. The third-order valence-electron chi connectivity index (χ3n) is 5.18. The van der Waals surface area contributed by atoms with Crippen LogP contribution in [-0.2, 0) is 9.59 Å². The van der Waals surface area contributed by atoms with Crippen LogP contribution < -0.4 is 26.2 Å². The molecule has 10 nitrogen and oxygen atoms in total. The number of aromatic nitrogens is 2. The van der Waals surface area contributed by atoms with Gasteiger partial charge in [-0.15, -0.1) is 0 Å². The first kappa shape index (κ1) is 21.8. The zero-order valence-corrected chi connectivity index (χ0v) is 17.9. The van der Waals surface area contributed by atoms with Crippen LogP contribution in [0.1, 0.15) is 35.2 Å². The van der Waals surface area contributed by atoms with Gasteiger partial charge in [-0.1, -0.05) is 0 Å². The first-order valence-corrected chi connectivity index (χ1v) is 10.1. The van der Waals surface area contributed by atoms with Gasteiger partial charge < -0.3 is 20.7 Å². The van der Waals surface area contributed by atoms with Crippen LogP contribution in [-0.4, -0.2) is 34.7 Å². The minimum absolute atomic E-state index is 0.0260. The summed E-state index contributed by atoms with van der Waals surface area (Å²) in [5.74, 6) is -1.25. The van der Waals surface area contributed by atoms with Gasteiger partial charge >= 0.3 is 0 Å². The quantitative estimate of drug-likeness (QED) is 0.426. The van der Waals surface area contributed by atoms with Crippen molar-refractivity contribution in [2.24, 2.45) is 0 Å². The van der Waals surface area contributed by atoms with Gasteiger partial charge in [0.1, 0.15) is 11.6 Å². The Hall–Kier alpha value is -4.47. The fourth-order valence-corrected chi connectivity index (χ4v) is 3.48. The molecule has 0 saturated carbocycles.